The normalized spacial score (nSPS) is 27.0. The van der Waals surface area contributed by atoms with Crippen LogP contribution in [-0.2, 0) is 14.3 Å². The summed E-state index contributed by atoms with van der Waals surface area (Å²) in [6.07, 6.45) is 3.61. The van der Waals surface area contributed by atoms with Crippen molar-refractivity contribution in [2.45, 2.75) is 37.8 Å². The Balaban J connectivity index is 1.79. The van der Waals surface area contributed by atoms with E-state index in [1.54, 1.807) is 12.0 Å². The number of para-hydroxylation sites is 1. The maximum Gasteiger partial charge on any atom is 0.290 e. The highest BCUT2D eigenvalue weighted by Crippen LogP contribution is 2.48. The number of ether oxygens (including phenoxy) is 2. The average molecular weight is 384 g/mol. The summed E-state index contributed by atoms with van der Waals surface area (Å²) in [4.78, 5) is 30.6. The Morgan fingerprint density at radius 1 is 1.18 bits per heavy atom. The molecule has 2 heterocycles. The highest BCUT2D eigenvalue weighted by atomic mass is 16.5. The first-order chi connectivity index (χ1) is 13.5. The number of ketones is 1. The molecule has 0 aromatic heterocycles. The second-order valence-corrected chi connectivity index (χ2v) is 8.10. The monoisotopic (exact) mass is 384 g/mol. The summed E-state index contributed by atoms with van der Waals surface area (Å²) in [6, 6.07) is 7.18. The summed E-state index contributed by atoms with van der Waals surface area (Å²) in [6.45, 7) is 1.23. The van der Waals surface area contributed by atoms with Gasteiger partial charge in [0.1, 0.15) is 11.9 Å². The minimum atomic E-state index is -0.450. The predicted molar refractivity (Wildman–Crippen MR) is 105 cm³/mol. The standard InChI is InChI=1S/C22H28N2O4/c1-23(2)12-13-24-19(14-8-4-6-10-16(14)27-3)18-20(25)15-9-5-7-11-17(15)28-21(18)22(24)26/h4,6,8,10,15,17,19H,5,7,9,11-13H2,1-3H3. The number of carbonyl (C=O) groups is 2. The molecule has 3 aliphatic rings. The van der Waals surface area contributed by atoms with Gasteiger partial charge in [-0.05, 0) is 39.4 Å². The number of benzene rings is 1. The van der Waals surface area contributed by atoms with Gasteiger partial charge in [-0.25, -0.2) is 0 Å². The van der Waals surface area contributed by atoms with E-state index in [1.165, 1.54) is 0 Å². The van der Waals surface area contributed by atoms with Crippen molar-refractivity contribution in [1.82, 2.24) is 9.80 Å². The van der Waals surface area contributed by atoms with Gasteiger partial charge in [0.05, 0.1) is 24.6 Å². The van der Waals surface area contributed by atoms with Gasteiger partial charge in [-0.1, -0.05) is 24.6 Å². The molecule has 3 atom stereocenters. The molecule has 1 aliphatic carbocycles. The Morgan fingerprint density at radius 2 is 1.93 bits per heavy atom. The van der Waals surface area contributed by atoms with Crippen LogP contribution in [0.25, 0.3) is 0 Å². The molecule has 2 aliphatic heterocycles. The van der Waals surface area contributed by atoms with Crippen LogP contribution in [0.5, 0.6) is 5.75 Å². The highest BCUT2D eigenvalue weighted by molar-refractivity contribution is 6.11. The number of Topliss-reactive ketones (excluding diaryl/α,β-unsaturated/α-hetero) is 1. The summed E-state index contributed by atoms with van der Waals surface area (Å²) in [5.41, 5.74) is 1.37. The van der Waals surface area contributed by atoms with Crippen LogP contribution in [0, 0.1) is 5.92 Å². The lowest BCUT2D eigenvalue weighted by Gasteiger charge is -2.35. The fraction of sp³-hybridized carbons (Fsp3) is 0.545. The number of rotatable bonds is 5. The van der Waals surface area contributed by atoms with Crippen molar-refractivity contribution in [3.05, 3.63) is 41.2 Å². The second-order valence-electron chi connectivity index (χ2n) is 8.10. The third-order valence-corrected chi connectivity index (χ3v) is 6.08. The number of amides is 1. The van der Waals surface area contributed by atoms with E-state index in [0.717, 1.165) is 31.2 Å². The third-order valence-electron chi connectivity index (χ3n) is 6.08. The largest absolute Gasteiger partial charge is 0.496 e. The van der Waals surface area contributed by atoms with Crippen molar-refractivity contribution >= 4 is 11.7 Å². The second kappa shape index (κ2) is 7.59. The van der Waals surface area contributed by atoms with Crippen LogP contribution in [0.1, 0.15) is 37.3 Å². The van der Waals surface area contributed by atoms with Crippen molar-refractivity contribution in [2.24, 2.45) is 5.92 Å². The molecule has 28 heavy (non-hydrogen) atoms. The van der Waals surface area contributed by atoms with Gasteiger partial charge in [0, 0.05) is 18.7 Å². The van der Waals surface area contributed by atoms with Crippen LogP contribution >= 0.6 is 0 Å². The SMILES string of the molecule is COc1ccccc1C1C2=C(OC3CCCCC3C2=O)C(=O)N1CCN(C)C. The van der Waals surface area contributed by atoms with Gasteiger partial charge in [0.25, 0.3) is 5.91 Å². The van der Waals surface area contributed by atoms with Crippen molar-refractivity contribution in [1.29, 1.82) is 0 Å². The minimum Gasteiger partial charge on any atom is -0.496 e. The van der Waals surface area contributed by atoms with E-state index in [2.05, 4.69) is 0 Å². The van der Waals surface area contributed by atoms with E-state index in [4.69, 9.17) is 9.47 Å². The number of nitrogens with zero attached hydrogens (tertiary/aromatic N) is 2. The highest BCUT2D eigenvalue weighted by Gasteiger charge is 2.52. The molecule has 1 aromatic rings. The lowest BCUT2D eigenvalue weighted by atomic mass is 9.77. The fourth-order valence-corrected chi connectivity index (χ4v) is 4.65. The van der Waals surface area contributed by atoms with Crippen LogP contribution in [0.4, 0.5) is 0 Å². The average Bonchev–Trinajstić information content (AvgIpc) is 2.98. The van der Waals surface area contributed by atoms with Crippen molar-refractivity contribution < 1.29 is 19.1 Å². The van der Waals surface area contributed by atoms with Gasteiger partial charge in [-0.3, -0.25) is 9.59 Å². The van der Waals surface area contributed by atoms with Crippen LogP contribution in [0.2, 0.25) is 0 Å². The Kier molecular flexibility index (Phi) is 5.15. The first kappa shape index (κ1) is 19.0. The lowest BCUT2D eigenvalue weighted by molar-refractivity contribution is -0.135. The zero-order chi connectivity index (χ0) is 19.8. The molecule has 150 valence electrons. The smallest absolute Gasteiger partial charge is 0.290 e. The molecule has 1 aromatic carbocycles. The fourth-order valence-electron chi connectivity index (χ4n) is 4.65. The summed E-state index contributed by atoms with van der Waals surface area (Å²) >= 11 is 0. The molecule has 1 amide bonds. The van der Waals surface area contributed by atoms with Gasteiger partial charge in [0.2, 0.25) is 0 Å². The first-order valence-electron chi connectivity index (χ1n) is 10.1. The van der Waals surface area contributed by atoms with E-state index in [9.17, 15) is 9.59 Å². The molecule has 0 radical (unpaired) electrons. The maximum absolute atomic E-state index is 13.5. The van der Waals surface area contributed by atoms with Gasteiger partial charge < -0.3 is 19.3 Å². The molecule has 1 fully saturated rings. The third kappa shape index (κ3) is 3.09. The van der Waals surface area contributed by atoms with Gasteiger partial charge in [0.15, 0.2) is 11.5 Å². The number of hydrogen-bond donors (Lipinski definition) is 0. The molecule has 6 nitrogen and oxygen atoms in total. The van der Waals surface area contributed by atoms with Crippen molar-refractivity contribution in [3.63, 3.8) is 0 Å². The number of carbonyl (C=O) groups excluding carboxylic acids is 2. The number of methoxy groups -OCH3 is 1. The molecule has 0 N–H and O–H groups in total. The van der Waals surface area contributed by atoms with E-state index in [0.29, 0.717) is 24.4 Å². The topological polar surface area (TPSA) is 59.1 Å². The van der Waals surface area contributed by atoms with E-state index in [-0.39, 0.29) is 29.5 Å². The minimum absolute atomic E-state index is 0.0857. The Bertz CT molecular complexity index is 817. The molecule has 4 rings (SSSR count). The maximum atomic E-state index is 13.5. The van der Waals surface area contributed by atoms with E-state index >= 15 is 0 Å². The van der Waals surface area contributed by atoms with Gasteiger partial charge >= 0.3 is 0 Å². The van der Waals surface area contributed by atoms with Crippen LogP contribution in [0.15, 0.2) is 35.6 Å². The van der Waals surface area contributed by atoms with Crippen LogP contribution < -0.4 is 4.74 Å². The quantitative estimate of drug-likeness (QED) is 0.781. The molecule has 0 saturated heterocycles. The predicted octanol–water partition coefficient (Wildman–Crippen LogP) is 2.55. The summed E-state index contributed by atoms with van der Waals surface area (Å²) in [5.74, 6) is 0.726. The van der Waals surface area contributed by atoms with Crippen LogP contribution in [0.3, 0.4) is 0 Å². The van der Waals surface area contributed by atoms with Gasteiger partial charge in [-0.2, -0.15) is 0 Å². The zero-order valence-corrected chi connectivity index (χ0v) is 16.8. The Hall–Kier alpha value is -2.34. The molecule has 0 bridgehead atoms. The number of fused-ring (bicyclic) bond motifs is 1. The van der Waals surface area contributed by atoms with Crippen LogP contribution in [-0.4, -0.2) is 61.9 Å². The van der Waals surface area contributed by atoms with E-state index < -0.39 is 6.04 Å². The summed E-state index contributed by atoms with van der Waals surface area (Å²) in [5, 5.41) is 0. The van der Waals surface area contributed by atoms with Gasteiger partial charge in [-0.15, -0.1) is 0 Å². The number of likely N-dealkylation sites (N-methyl/N-ethyl adjacent to an activating group) is 1. The van der Waals surface area contributed by atoms with Crippen molar-refractivity contribution in [2.75, 3.05) is 34.3 Å². The number of hydrogen-bond acceptors (Lipinski definition) is 5. The molecular weight excluding hydrogens is 356 g/mol. The molecule has 1 saturated carbocycles. The van der Waals surface area contributed by atoms with Crippen molar-refractivity contribution in [3.8, 4) is 5.75 Å². The Labute approximate surface area is 166 Å². The first-order valence-corrected chi connectivity index (χ1v) is 10.1. The molecular formula is C22H28N2O4. The molecule has 0 spiro atoms. The van der Waals surface area contributed by atoms with E-state index in [1.807, 2.05) is 43.3 Å². The summed E-state index contributed by atoms with van der Waals surface area (Å²) in [7, 11) is 5.57. The summed E-state index contributed by atoms with van der Waals surface area (Å²) < 4.78 is 11.7. The molecule has 6 heteroatoms. The zero-order valence-electron chi connectivity index (χ0n) is 16.8. The Morgan fingerprint density at radius 3 is 2.68 bits per heavy atom. The lowest BCUT2D eigenvalue weighted by Crippen LogP contribution is -2.39. The molecule has 3 unspecified atom stereocenters.